The standard InChI is InChI=1S/C18H26/c1-13(17-7-3-15(11-17)4-8-17)14(2)18-9-5-16(12-18)6-10-18/h3,5,7,9,13-16H,4,6,8,10-12H2,1-2H3. The van der Waals surface area contributed by atoms with E-state index in [9.17, 15) is 0 Å². The Labute approximate surface area is 112 Å². The van der Waals surface area contributed by atoms with Crippen molar-refractivity contribution in [1.29, 1.82) is 0 Å². The monoisotopic (exact) mass is 242 g/mol. The second kappa shape index (κ2) is 3.52. The molecule has 0 nitrogen and oxygen atoms in total. The molecule has 0 N–H and O–H groups in total. The van der Waals surface area contributed by atoms with Crippen LogP contribution in [0.3, 0.4) is 0 Å². The van der Waals surface area contributed by atoms with E-state index < -0.39 is 0 Å². The molecule has 4 aliphatic rings. The Morgan fingerprint density at radius 1 is 0.833 bits per heavy atom. The van der Waals surface area contributed by atoms with E-state index in [0.29, 0.717) is 10.8 Å². The van der Waals surface area contributed by atoms with E-state index in [0.717, 1.165) is 23.7 Å². The molecule has 0 aliphatic heterocycles. The molecule has 0 spiro atoms. The molecule has 4 bridgehead atoms. The fourth-order valence-electron chi connectivity index (χ4n) is 5.71. The summed E-state index contributed by atoms with van der Waals surface area (Å²) < 4.78 is 0. The predicted molar refractivity (Wildman–Crippen MR) is 76.2 cm³/mol. The molecule has 0 aromatic carbocycles. The van der Waals surface area contributed by atoms with Gasteiger partial charge in [-0.3, -0.25) is 0 Å². The van der Waals surface area contributed by atoms with Crippen molar-refractivity contribution >= 4 is 0 Å². The fourth-order valence-corrected chi connectivity index (χ4v) is 5.71. The van der Waals surface area contributed by atoms with Crippen molar-refractivity contribution in [3.63, 3.8) is 0 Å². The van der Waals surface area contributed by atoms with E-state index in [1.807, 2.05) is 0 Å². The van der Waals surface area contributed by atoms with Gasteiger partial charge >= 0.3 is 0 Å². The van der Waals surface area contributed by atoms with E-state index in [-0.39, 0.29) is 0 Å². The lowest BCUT2D eigenvalue weighted by Crippen LogP contribution is -2.36. The number of hydrogen-bond acceptors (Lipinski definition) is 0. The molecule has 18 heavy (non-hydrogen) atoms. The Morgan fingerprint density at radius 3 is 1.50 bits per heavy atom. The minimum Gasteiger partial charge on any atom is -0.0848 e. The zero-order chi connectivity index (χ0) is 12.4. The Balaban J connectivity index is 1.60. The molecular weight excluding hydrogens is 216 g/mol. The lowest BCUT2D eigenvalue weighted by molar-refractivity contribution is 0.101. The lowest BCUT2D eigenvalue weighted by atomic mass is 9.61. The molecule has 0 radical (unpaired) electrons. The van der Waals surface area contributed by atoms with Crippen molar-refractivity contribution in [1.82, 2.24) is 0 Å². The van der Waals surface area contributed by atoms with Crippen molar-refractivity contribution < 1.29 is 0 Å². The van der Waals surface area contributed by atoms with Gasteiger partial charge in [-0.1, -0.05) is 38.2 Å². The molecule has 2 fully saturated rings. The lowest BCUT2D eigenvalue weighted by Gasteiger charge is -2.43. The Kier molecular flexibility index (Phi) is 2.22. The number of rotatable bonds is 3. The van der Waals surface area contributed by atoms with Crippen LogP contribution in [0.1, 0.15) is 52.4 Å². The highest BCUT2D eigenvalue weighted by atomic mass is 14.6. The molecule has 6 unspecified atom stereocenters. The quantitative estimate of drug-likeness (QED) is 0.613. The van der Waals surface area contributed by atoms with Crippen molar-refractivity contribution in [2.75, 3.05) is 0 Å². The first-order valence-corrected chi connectivity index (χ1v) is 8.02. The van der Waals surface area contributed by atoms with Crippen LogP contribution in [0.15, 0.2) is 24.3 Å². The first-order chi connectivity index (χ1) is 8.64. The topological polar surface area (TPSA) is 0 Å². The molecule has 4 rings (SSSR count). The van der Waals surface area contributed by atoms with Gasteiger partial charge < -0.3 is 0 Å². The van der Waals surface area contributed by atoms with Gasteiger partial charge in [0.1, 0.15) is 0 Å². The molecular formula is C18H26. The van der Waals surface area contributed by atoms with Gasteiger partial charge in [0.2, 0.25) is 0 Å². The van der Waals surface area contributed by atoms with Crippen molar-refractivity contribution in [3.05, 3.63) is 24.3 Å². The van der Waals surface area contributed by atoms with Gasteiger partial charge in [-0.05, 0) is 73.0 Å². The van der Waals surface area contributed by atoms with Crippen LogP contribution >= 0.6 is 0 Å². The van der Waals surface area contributed by atoms with Crippen LogP contribution in [0.5, 0.6) is 0 Å². The van der Waals surface area contributed by atoms with E-state index in [4.69, 9.17) is 0 Å². The molecule has 0 amide bonds. The number of fused-ring (bicyclic) bond motifs is 4. The van der Waals surface area contributed by atoms with Crippen LogP contribution in [-0.4, -0.2) is 0 Å². The largest absolute Gasteiger partial charge is 0.0848 e. The van der Waals surface area contributed by atoms with Crippen LogP contribution in [0.25, 0.3) is 0 Å². The summed E-state index contributed by atoms with van der Waals surface area (Å²) >= 11 is 0. The average molecular weight is 242 g/mol. The van der Waals surface area contributed by atoms with Crippen LogP contribution in [0, 0.1) is 34.5 Å². The fraction of sp³-hybridized carbons (Fsp3) is 0.778. The highest BCUT2D eigenvalue weighted by molar-refractivity contribution is 5.22. The first-order valence-electron chi connectivity index (χ1n) is 8.02. The maximum Gasteiger partial charge on any atom is -0.00839 e. The number of allylic oxidation sites excluding steroid dienone is 4. The molecule has 4 aliphatic carbocycles. The molecule has 2 saturated carbocycles. The Morgan fingerprint density at radius 2 is 1.28 bits per heavy atom. The summed E-state index contributed by atoms with van der Waals surface area (Å²) in [7, 11) is 0. The van der Waals surface area contributed by atoms with Gasteiger partial charge in [0, 0.05) is 0 Å². The normalized spacial score (nSPS) is 51.2. The molecule has 0 aromatic rings. The first kappa shape index (κ1) is 11.3. The van der Waals surface area contributed by atoms with E-state index in [1.54, 1.807) is 0 Å². The zero-order valence-electron chi connectivity index (χ0n) is 11.9. The van der Waals surface area contributed by atoms with Crippen molar-refractivity contribution in [2.45, 2.75) is 52.4 Å². The summed E-state index contributed by atoms with van der Waals surface area (Å²) in [6.45, 7) is 5.11. The molecule has 0 heteroatoms. The Hall–Kier alpha value is -0.520. The molecule has 6 atom stereocenters. The molecule has 0 saturated heterocycles. The van der Waals surface area contributed by atoms with Crippen LogP contribution in [0.2, 0.25) is 0 Å². The second-order valence-corrected chi connectivity index (χ2v) is 7.77. The predicted octanol–water partition coefficient (Wildman–Crippen LogP) is 4.97. The minimum absolute atomic E-state index is 0.577. The van der Waals surface area contributed by atoms with Gasteiger partial charge in [-0.2, -0.15) is 0 Å². The van der Waals surface area contributed by atoms with Gasteiger partial charge in [0.05, 0.1) is 0 Å². The van der Waals surface area contributed by atoms with Crippen molar-refractivity contribution in [3.8, 4) is 0 Å². The van der Waals surface area contributed by atoms with Gasteiger partial charge in [0.15, 0.2) is 0 Å². The highest BCUT2D eigenvalue weighted by Crippen LogP contribution is 2.62. The molecule has 0 heterocycles. The summed E-state index contributed by atoms with van der Waals surface area (Å²) in [4.78, 5) is 0. The van der Waals surface area contributed by atoms with E-state index in [1.165, 1.54) is 38.5 Å². The van der Waals surface area contributed by atoms with Crippen LogP contribution in [-0.2, 0) is 0 Å². The zero-order valence-corrected chi connectivity index (χ0v) is 11.9. The second-order valence-electron chi connectivity index (χ2n) is 7.77. The minimum atomic E-state index is 0.577. The van der Waals surface area contributed by atoms with Crippen molar-refractivity contribution in [2.24, 2.45) is 34.5 Å². The van der Waals surface area contributed by atoms with E-state index >= 15 is 0 Å². The third-order valence-corrected chi connectivity index (χ3v) is 7.21. The highest BCUT2D eigenvalue weighted by Gasteiger charge is 2.52. The maximum atomic E-state index is 2.60. The van der Waals surface area contributed by atoms with Gasteiger partial charge in [0.25, 0.3) is 0 Å². The number of hydrogen-bond donors (Lipinski definition) is 0. The van der Waals surface area contributed by atoms with Gasteiger partial charge in [-0.15, -0.1) is 0 Å². The summed E-state index contributed by atoms with van der Waals surface area (Å²) in [6, 6.07) is 0. The third-order valence-electron chi connectivity index (χ3n) is 7.21. The maximum absolute atomic E-state index is 2.60. The molecule has 0 aromatic heterocycles. The van der Waals surface area contributed by atoms with E-state index in [2.05, 4.69) is 38.2 Å². The SMILES string of the molecule is CC(C(C)C12C=CC(CC1)C2)C12C=CC(CC1)C2. The third kappa shape index (κ3) is 1.33. The average Bonchev–Trinajstić information content (AvgIpc) is 3.16. The summed E-state index contributed by atoms with van der Waals surface area (Å²) in [6.07, 6.45) is 19.0. The summed E-state index contributed by atoms with van der Waals surface area (Å²) in [5, 5.41) is 0. The summed E-state index contributed by atoms with van der Waals surface area (Å²) in [5.74, 6) is 3.57. The van der Waals surface area contributed by atoms with Gasteiger partial charge in [-0.25, -0.2) is 0 Å². The summed E-state index contributed by atoms with van der Waals surface area (Å²) in [5.41, 5.74) is 1.15. The Bertz CT molecular complexity index is 378. The van der Waals surface area contributed by atoms with Crippen LogP contribution < -0.4 is 0 Å². The molecule has 98 valence electrons. The van der Waals surface area contributed by atoms with Crippen LogP contribution in [0.4, 0.5) is 0 Å². The smallest absolute Gasteiger partial charge is 0.00839 e.